The number of anilines is 2. The van der Waals surface area contributed by atoms with Crippen LogP contribution >= 0.6 is 22.9 Å². The smallest absolute Gasteiger partial charge is 0.269 e. The second-order valence-electron chi connectivity index (χ2n) is 5.63. The number of nitrogens with one attached hydrogen (secondary N) is 1. The highest BCUT2D eigenvalue weighted by molar-refractivity contribution is 7.22. The van der Waals surface area contributed by atoms with Gasteiger partial charge in [0.25, 0.3) is 5.91 Å². The molecule has 1 saturated heterocycles. The number of hydrogen-bond donors (Lipinski definition) is 1. The highest BCUT2D eigenvalue weighted by Gasteiger charge is 2.17. The van der Waals surface area contributed by atoms with Crippen molar-refractivity contribution in [3.05, 3.63) is 28.8 Å². The topological polar surface area (TPSA) is 80.2 Å². The van der Waals surface area contributed by atoms with Crippen LogP contribution in [0.5, 0.6) is 0 Å². The van der Waals surface area contributed by atoms with Gasteiger partial charge in [0.1, 0.15) is 4.88 Å². The highest BCUT2D eigenvalue weighted by Crippen LogP contribution is 2.31. The van der Waals surface area contributed by atoms with Crippen LogP contribution in [0.3, 0.4) is 0 Å². The predicted molar refractivity (Wildman–Crippen MR) is 99.9 cm³/mol. The second-order valence-corrected chi connectivity index (χ2v) is 7.40. The Hall–Kier alpha value is -2.10. The summed E-state index contributed by atoms with van der Waals surface area (Å²) < 4.78 is 10.3. The van der Waals surface area contributed by atoms with E-state index in [1.807, 2.05) is 25.1 Å². The number of morpholine rings is 1. The fourth-order valence-electron chi connectivity index (χ4n) is 2.68. The van der Waals surface area contributed by atoms with E-state index in [4.69, 9.17) is 9.72 Å². The lowest BCUT2D eigenvalue weighted by Crippen LogP contribution is -2.36. The van der Waals surface area contributed by atoms with E-state index in [9.17, 15) is 4.79 Å². The van der Waals surface area contributed by atoms with Crippen molar-refractivity contribution in [3.8, 4) is 0 Å². The van der Waals surface area contributed by atoms with Gasteiger partial charge in [-0.05, 0) is 36.2 Å². The molecule has 1 amide bonds. The molecule has 0 aliphatic carbocycles. The number of fused-ring (bicyclic) bond motifs is 1. The molecule has 3 aromatic rings. The van der Waals surface area contributed by atoms with Gasteiger partial charge in [0, 0.05) is 18.8 Å². The first kappa shape index (κ1) is 16.4. The maximum absolute atomic E-state index is 12.4. The Morgan fingerprint density at radius 2 is 2.20 bits per heavy atom. The average Bonchev–Trinajstić information content (AvgIpc) is 3.28. The number of ether oxygens (including phenoxy) is 1. The fraction of sp³-hybridized carbons (Fsp3) is 0.375. The van der Waals surface area contributed by atoms with E-state index in [1.54, 1.807) is 11.3 Å². The molecule has 0 bridgehead atoms. The van der Waals surface area contributed by atoms with E-state index >= 15 is 0 Å². The first-order valence-corrected chi connectivity index (χ1v) is 9.69. The Labute approximate surface area is 152 Å². The molecule has 1 N–H and O–H groups in total. The van der Waals surface area contributed by atoms with Crippen molar-refractivity contribution >= 4 is 49.8 Å². The molecule has 25 heavy (non-hydrogen) atoms. The molecule has 130 valence electrons. The zero-order valence-electron chi connectivity index (χ0n) is 13.7. The Bertz CT molecular complexity index is 901. The quantitative estimate of drug-likeness (QED) is 0.755. The molecule has 0 atom stereocenters. The molecule has 1 fully saturated rings. The SMILES string of the molecule is CCc1nnsc1C(=O)Nc1ccc2nc(N3CCOCC3)sc2c1. The molecule has 7 nitrogen and oxygen atoms in total. The number of nitrogens with zero attached hydrogens (tertiary/aromatic N) is 4. The van der Waals surface area contributed by atoms with Crippen molar-refractivity contribution in [2.75, 3.05) is 36.5 Å². The number of amides is 1. The summed E-state index contributed by atoms with van der Waals surface area (Å²) in [6.07, 6.45) is 0.691. The van der Waals surface area contributed by atoms with Gasteiger partial charge in [-0.2, -0.15) is 0 Å². The summed E-state index contributed by atoms with van der Waals surface area (Å²) in [5.41, 5.74) is 2.43. The Kier molecular flexibility index (Phi) is 4.60. The third-order valence-corrected chi connectivity index (χ3v) is 5.86. The summed E-state index contributed by atoms with van der Waals surface area (Å²) in [6, 6.07) is 5.79. The van der Waals surface area contributed by atoms with Crippen molar-refractivity contribution in [2.45, 2.75) is 13.3 Å². The van der Waals surface area contributed by atoms with Crippen LogP contribution in [0.15, 0.2) is 18.2 Å². The number of aromatic nitrogens is 3. The molecule has 1 aliphatic heterocycles. The number of thiazole rings is 1. The van der Waals surface area contributed by atoms with E-state index in [0.29, 0.717) is 11.3 Å². The molecule has 0 spiro atoms. The lowest BCUT2D eigenvalue weighted by atomic mass is 10.2. The third-order valence-electron chi connectivity index (χ3n) is 4.01. The number of aryl methyl sites for hydroxylation is 1. The number of carbonyl (C=O) groups excluding carboxylic acids is 1. The van der Waals surface area contributed by atoms with Gasteiger partial charge < -0.3 is 15.0 Å². The van der Waals surface area contributed by atoms with Crippen LogP contribution in [-0.2, 0) is 11.2 Å². The van der Waals surface area contributed by atoms with E-state index in [0.717, 1.165) is 64.6 Å². The fourth-order valence-corrected chi connectivity index (χ4v) is 4.38. The van der Waals surface area contributed by atoms with Crippen molar-refractivity contribution in [1.82, 2.24) is 14.6 Å². The summed E-state index contributed by atoms with van der Waals surface area (Å²) in [6.45, 7) is 5.16. The molecule has 1 aliphatic rings. The van der Waals surface area contributed by atoms with Gasteiger partial charge >= 0.3 is 0 Å². The normalized spacial score (nSPS) is 14.8. The van der Waals surface area contributed by atoms with Gasteiger partial charge in [-0.1, -0.05) is 22.7 Å². The molecule has 1 aromatic carbocycles. The van der Waals surface area contributed by atoms with Crippen LogP contribution in [0.25, 0.3) is 10.2 Å². The second kappa shape index (κ2) is 7.03. The zero-order valence-corrected chi connectivity index (χ0v) is 15.3. The lowest BCUT2D eigenvalue weighted by molar-refractivity contribution is 0.102. The van der Waals surface area contributed by atoms with Crippen molar-refractivity contribution < 1.29 is 9.53 Å². The number of carbonyl (C=O) groups is 1. The maximum Gasteiger partial charge on any atom is 0.269 e. The molecule has 0 radical (unpaired) electrons. The molecule has 0 unspecified atom stereocenters. The first-order chi connectivity index (χ1) is 12.2. The van der Waals surface area contributed by atoms with Crippen LogP contribution in [-0.4, -0.2) is 46.8 Å². The Balaban J connectivity index is 1.55. The molecule has 9 heteroatoms. The maximum atomic E-state index is 12.4. The minimum atomic E-state index is -0.163. The van der Waals surface area contributed by atoms with Crippen LogP contribution in [0.2, 0.25) is 0 Å². The minimum absolute atomic E-state index is 0.163. The monoisotopic (exact) mass is 375 g/mol. The molecule has 0 saturated carbocycles. The summed E-state index contributed by atoms with van der Waals surface area (Å²) in [5.74, 6) is -0.163. The molecular formula is C16H17N5O2S2. The zero-order chi connectivity index (χ0) is 17.2. The van der Waals surface area contributed by atoms with Gasteiger partial charge in [0.05, 0.1) is 29.1 Å². The summed E-state index contributed by atoms with van der Waals surface area (Å²) in [7, 11) is 0. The average molecular weight is 375 g/mol. The van der Waals surface area contributed by atoms with E-state index in [2.05, 4.69) is 19.8 Å². The van der Waals surface area contributed by atoms with Gasteiger partial charge in [0.2, 0.25) is 0 Å². The molecule has 3 heterocycles. The number of hydrogen-bond acceptors (Lipinski definition) is 8. The Morgan fingerprint density at radius 1 is 1.36 bits per heavy atom. The highest BCUT2D eigenvalue weighted by atomic mass is 32.1. The van der Waals surface area contributed by atoms with Gasteiger partial charge in [-0.3, -0.25) is 4.79 Å². The minimum Gasteiger partial charge on any atom is -0.378 e. The molecule has 2 aromatic heterocycles. The van der Waals surface area contributed by atoms with Crippen LogP contribution in [0.4, 0.5) is 10.8 Å². The van der Waals surface area contributed by atoms with Crippen molar-refractivity contribution in [3.63, 3.8) is 0 Å². The van der Waals surface area contributed by atoms with E-state index < -0.39 is 0 Å². The third kappa shape index (κ3) is 3.35. The molecular weight excluding hydrogens is 358 g/mol. The van der Waals surface area contributed by atoms with E-state index in [1.165, 1.54) is 0 Å². The summed E-state index contributed by atoms with van der Waals surface area (Å²) in [4.78, 5) is 19.9. The van der Waals surface area contributed by atoms with Crippen molar-refractivity contribution in [1.29, 1.82) is 0 Å². The summed E-state index contributed by atoms with van der Waals surface area (Å²) in [5, 5.41) is 7.92. The first-order valence-electron chi connectivity index (χ1n) is 8.10. The number of benzene rings is 1. The van der Waals surface area contributed by atoms with Crippen LogP contribution < -0.4 is 10.2 Å². The standard InChI is InChI=1S/C16H17N5O2S2/c1-2-11-14(25-20-19-11)15(22)17-10-3-4-12-13(9-10)24-16(18-12)21-5-7-23-8-6-21/h3-4,9H,2,5-8H2,1H3,(H,17,22). The molecule has 4 rings (SSSR count). The van der Waals surface area contributed by atoms with Gasteiger partial charge in [-0.25, -0.2) is 4.98 Å². The van der Waals surface area contributed by atoms with Gasteiger partial charge in [-0.15, -0.1) is 5.10 Å². The summed E-state index contributed by atoms with van der Waals surface area (Å²) >= 11 is 2.76. The predicted octanol–water partition coefficient (Wildman–Crippen LogP) is 2.80. The van der Waals surface area contributed by atoms with E-state index in [-0.39, 0.29) is 5.91 Å². The van der Waals surface area contributed by atoms with Crippen LogP contribution in [0, 0.1) is 0 Å². The van der Waals surface area contributed by atoms with Crippen LogP contribution in [0.1, 0.15) is 22.3 Å². The van der Waals surface area contributed by atoms with Crippen molar-refractivity contribution in [2.24, 2.45) is 0 Å². The lowest BCUT2D eigenvalue weighted by Gasteiger charge is -2.25. The van der Waals surface area contributed by atoms with Gasteiger partial charge in [0.15, 0.2) is 5.13 Å². The largest absolute Gasteiger partial charge is 0.378 e. The number of rotatable bonds is 4. The Morgan fingerprint density at radius 3 is 3.00 bits per heavy atom.